The van der Waals surface area contributed by atoms with Gasteiger partial charge in [-0.1, -0.05) is 33.9 Å². The molecule has 4 heteroatoms. The first-order chi connectivity index (χ1) is 5.64. The van der Waals surface area contributed by atoms with Crippen LogP contribution in [0.4, 0.5) is 4.39 Å². The SMILES string of the molecule is CN(C(=O)CF)[Si](C)(C)C(C)(C)C. The normalized spacial score (nSPS) is 12.8. The maximum Gasteiger partial charge on any atom is 0.245 e. The van der Waals surface area contributed by atoms with E-state index in [2.05, 4.69) is 33.9 Å². The van der Waals surface area contributed by atoms with Gasteiger partial charge in [-0.15, -0.1) is 0 Å². The minimum atomic E-state index is -1.85. The molecule has 2 nitrogen and oxygen atoms in total. The third-order valence-electron chi connectivity index (χ3n) is 3.16. The van der Waals surface area contributed by atoms with E-state index in [-0.39, 0.29) is 5.04 Å². The number of carbonyl (C=O) groups excluding carboxylic acids is 1. The molecule has 0 heterocycles. The summed E-state index contributed by atoms with van der Waals surface area (Å²) in [6, 6.07) is 0. The molecule has 0 N–H and O–H groups in total. The average molecular weight is 205 g/mol. The molecule has 0 rings (SSSR count). The van der Waals surface area contributed by atoms with Crippen LogP contribution in [-0.4, -0.2) is 32.4 Å². The van der Waals surface area contributed by atoms with Crippen LogP contribution in [0.15, 0.2) is 0 Å². The summed E-state index contributed by atoms with van der Waals surface area (Å²) in [5.41, 5.74) is 0. The fourth-order valence-corrected chi connectivity index (χ4v) is 2.59. The van der Waals surface area contributed by atoms with Crippen LogP contribution in [0, 0.1) is 0 Å². The lowest BCUT2D eigenvalue weighted by Gasteiger charge is -2.43. The van der Waals surface area contributed by atoms with Gasteiger partial charge in [-0.25, -0.2) is 4.39 Å². The highest BCUT2D eigenvalue weighted by atomic mass is 28.3. The number of alkyl halides is 1. The Morgan fingerprint density at radius 2 is 1.77 bits per heavy atom. The van der Waals surface area contributed by atoms with E-state index < -0.39 is 20.8 Å². The van der Waals surface area contributed by atoms with Crippen LogP contribution in [0.5, 0.6) is 0 Å². The summed E-state index contributed by atoms with van der Waals surface area (Å²) in [5.74, 6) is -0.397. The molecule has 0 aromatic carbocycles. The zero-order chi connectivity index (χ0) is 10.9. The number of hydrogen-bond donors (Lipinski definition) is 0. The first-order valence-corrected chi connectivity index (χ1v) is 7.42. The third-order valence-corrected chi connectivity index (χ3v) is 8.76. The van der Waals surface area contributed by atoms with E-state index in [0.29, 0.717) is 0 Å². The molecule has 13 heavy (non-hydrogen) atoms. The van der Waals surface area contributed by atoms with Gasteiger partial charge in [0.1, 0.15) is 0 Å². The summed E-state index contributed by atoms with van der Waals surface area (Å²) in [6.45, 7) is 9.58. The van der Waals surface area contributed by atoms with Crippen LogP contribution in [0.25, 0.3) is 0 Å². The number of nitrogens with zero attached hydrogens (tertiary/aromatic N) is 1. The zero-order valence-corrected chi connectivity index (χ0v) is 10.4. The number of rotatable bonds is 2. The highest BCUT2D eigenvalue weighted by molar-refractivity contribution is 6.79. The molecule has 0 aromatic rings. The first-order valence-electron chi connectivity index (χ1n) is 4.47. The molecule has 0 aromatic heterocycles. The van der Waals surface area contributed by atoms with Gasteiger partial charge in [-0.3, -0.25) is 4.79 Å². The highest BCUT2D eigenvalue weighted by Crippen LogP contribution is 2.37. The number of carbonyl (C=O) groups is 1. The lowest BCUT2D eigenvalue weighted by Crippen LogP contribution is -2.55. The summed E-state index contributed by atoms with van der Waals surface area (Å²) in [6.07, 6.45) is 0. The van der Waals surface area contributed by atoms with E-state index in [1.807, 2.05) is 0 Å². The topological polar surface area (TPSA) is 20.3 Å². The Kier molecular flexibility index (Phi) is 3.67. The lowest BCUT2D eigenvalue weighted by atomic mass is 10.2. The summed E-state index contributed by atoms with van der Waals surface area (Å²) in [4.78, 5) is 11.2. The summed E-state index contributed by atoms with van der Waals surface area (Å²) < 4.78 is 13.8. The second kappa shape index (κ2) is 3.78. The molecule has 0 aliphatic rings. The average Bonchev–Trinajstić information content (AvgIpc) is 1.99. The van der Waals surface area contributed by atoms with Gasteiger partial charge < -0.3 is 4.57 Å². The molecule has 0 bridgehead atoms. The quantitative estimate of drug-likeness (QED) is 0.634. The second-order valence-corrected chi connectivity index (χ2v) is 10.2. The molecule has 0 fully saturated rings. The van der Waals surface area contributed by atoms with E-state index in [4.69, 9.17) is 0 Å². The minimum absolute atomic E-state index is 0.0760. The van der Waals surface area contributed by atoms with Crippen molar-refractivity contribution in [2.24, 2.45) is 0 Å². The Bertz CT molecular complexity index is 198. The van der Waals surface area contributed by atoms with E-state index >= 15 is 0 Å². The molecule has 0 aliphatic heterocycles. The molecule has 0 spiro atoms. The van der Waals surface area contributed by atoms with Gasteiger partial charge in [0, 0.05) is 7.05 Å². The predicted molar refractivity (Wildman–Crippen MR) is 55.9 cm³/mol. The van der Waals surface area contributed by atoms with E-state index in [0.717, 1.165) is 0 Å². The molecule has 78 valence electrons. The summed E-state index contributed by atoms with van der Waals surface area (Å²) >= 11 is 0. The molecule has 0 aliphatic carbocycles. The Morgan fingerprint density at radius 1 is 1.38 bits per heavy atom. The van der Waals surface area contributed by atoms with Crippen LogP contribution in [-0.2, 0) is 4.79 Å². The number of halogens is 1. The monoisotopic (exact) mass is 205 g/mol. The van der Waals surface area contributed by atoms with Crippen LogP contribution < -0.4 is 0 Å². The largest absolute Gasteiger partial charge is 0.370 e. The van der Waals surface area contributed by atoms with Gasteiger partial charge in [-0.05, 0) is 5.04 Å². The van der Waals surface area contributed by atoms with Crippen LogP contribution in [0.3, 0.4) is 0 Å². The summed E-state index contributed by atoms with van der Waals surface area (Å²) in [5, 5.41) is 0.0760. The Labute approximate surface area is 81.2 Å². The van der Waals surface area contributed by atoms with Crippen molar-refractivity contribution in [3.63, 3.8) is 0 Å². The fraction of sp³-hybridized carbons (Fsp3) is 0.889. The minimum Gasteiger partial charge on any atom is -0.370 e. The lowest BCUT2D eigenvalue weighted by molar-refractivity contribution is -0.127. The van der Waals surface area contributed by atoms with Crippen molar-refractivity contribution in [3.8, 4) is 0 Å². The van der Waals surface area contributed by atoms with Crippen molar-refractivity contribution in [1.29, 1.82) is 0 Å². The van der Waals surface area contributed by atoms with Crippen molar-refractivity contribution in [3.05, 3.63) is 0 Å². The van der Waals surface area contributed by atoms with Gasteiger partial charge in [0.25, 0.3) is 0 Å². The van der Waals surface area contributed by atoms with E-state index in [1.165, 1.54) is 0 Å². The van der Waals surface area contributed by atoms with Gasteiger partial charge >= 0.3 is 0 Å². The Hall–Kier alpha value is -0.383. The first kappa shape index (κ1) is 12.6. The third kappa shape index (κ3) is 2.53. The van der Waals surface area contributed by atoms with Crippen molar-refractivity contribution in [2.45, 2.75) is 38.9 Å². The molecule has 1 amide bonds. The van der Waals surface area contributed by atoms with Crippen LogP contribution >= 0.6 is 0 Å². The molecular formula is C9H20FNOSi. The molecule has 0 saturated carbocycles. The van der Waals surface area contributed by atoms with Crippen molar-refractivity contribution < 1.29 is 9.18 Å². The highest BCUT2D eigenvalue weighted by Gasteiger charge is 2.41. The standard InChI is InChI=1S/C9H20FNOSi/c1-9(2,3)13(5,6)11(4)8(12)7-10/h7H2,1-6H3. The van der Waals surface area contributed by atoms with Gasteiger partial charge in [0.2, 0.25) is 5.91 Å². The molecule has 0 saturated heterocycles. The van der Waals surface area contributed by atoms with Crippen LogP contribution in [0.2, 0.25) is 18.1 Å². The maximum absolute atomic E-state index is 12.2. The van der Waals surface area contributed by atoms with Gasteiger partial charge in [0.15, 0.2) is 14.9 Å². The van der Waals surface area contributed by atoms with Crippen molar-refractivity contribution in [2.75, 3.05) is 13.7 Å². The van der Waals surface area contributed by atoms with Crippen molar-refractivity contribution >= 4 is 14.1 Å². The molecular weight excluding hydrogens is 185 g/mol. The molecule has 0 radical (unpaired) electrons. The molecule has 0 unspecified atom stereocenters. The van der Waals surface area contributed by atoms with E-state index in [9.17, 15) is 9.18 Å². The number of amides is 1. The summed E-state index contributed by atoms with van der Waals surface area (Å²) in [7, 11) is -0.141. The van der Waals surface area contributed by atoms with Crippen molar-refractivity contribution in [1.82, 2.24) is 4.57 Å². The smallest absolute Gasteiger partial charge is 0.245 e. The van der Waals surface area contributed by atoms with Crippen LogP contribution in [0.1, 0.15) is 20.8 Å². The maximum atomic E-state index is 12.2. The number of hydrogen-bond acceptors (Lipinski definition) is 1. The molecule has 0 atom stereocenters. The predicted octanol–water partition coefficient (Wildman–Crippen LogP) is 2.42. The van der Waals surface area contributed by atoms with E-state index in [1.54, 1.807) is 11.6 Å². The Morgan fingerprint density at radius 3 is 2.00 bits per heavy atom. The zero-order valence-electron chi connectivity index (χ0n) is 9.44. The second-order valence-electron chi connectivity index (χ2n) is 4.90. The van der Waals surface area contributed by atoms with Gasteiger partial charge in [0.05, 0.1) is 0 Å². The fourth-order valence-electron chi connectivity index (χ4n) is 0.905. The Balaban J connectivity index is 4.74. The van der Waals surface area contributed by atoms with Gasteiger partial charge in [-0.2, -0.15) is 0 Å².